The SMILES string of the molecule is O=C(Nc1ccc2c(c1)OCO2)c1cnc(Nc2ccccc2)nc1. The van der Waals surface area contributed by atoms with Gasteiger partial charge in [-0.2, -0.15) is 0 Å². The summed E-state index contributed by atoms with van der Waals surface area (Å²) in [6.45, 7) is 0.191. The molecule has 2 N–H and O–H groups in total. The van der Waals surface area contributed by atoms with E-state index in [1.807, 2.05) is 30.3 Å². The van der Waals surface area contributed by atoms with Crippen LogP contribution in [0.25, 0.3) is 0 Å². The van der Waals surface area contributed by atoms with Gasteiger partial charge in [-0.05, 0) is 24.3 Å². The second kappa shape index (κ2) is 6.48. The molecule has 1 aromatic heterocycles. The third-order valence-corrected chi connectivity index (χ3v) is 3.57. The fourth-order valence-electron chi connectivity index (χ4n) is 2.34. The maximum absolute atomic E-state index is 12.3. The first-order valence-corrected chi connectivity index (χ1v) is 7.63. The fourth-order valence-corrected chi connectivity index (χ4v) is 2.34. The third kappa shape index (κ3) is 3.35. The molecule has 3 aromatic rings. The molecule has 25 heavy (non-hydrogen) atoms. The molecule has 2 aromatic carbocycles. The Balaban J connectivity index is 1.44. The summed E-state index contributed by atoms with van der Waals surface area (Å²) in [5.74, 6) is 1.39. The van der Waals surface area contributed by atoms with Gasteiger partial charge in [-0.25, -0.2) is 9.97 Å². The van der Waals surface area contributed by atoms with E-state index in [2.05, 4.69) is 20.6 Å². The average Bonchev–Trinajstić information content (AvgIpc) is 3.11. The van der Waals surface area contributed by atoms with Crippen molar-refractivity contribution in [1.82, 2.24) is 9.97 Å². The molecule has 7 nitrogen and oxygen atoms in total. The van der Waals surface area contributed by atoms with Crippen LogP contribution in [0, 0.1) is 0 Å². The lowest BCUT2D eigenvalue weighted by Gasteiger charge is -2.07. The van der Waals surface area contributed by atoms with Crippen molar-refractivity contribution in [2.75, 3.05) is 17.4 Å². The second-order valence-electron chi connectivity index (χ2n) is 5.31. The molecule has 0 saturated heterocycles. The van der Waals surface area contributed by atoms with Gasteiger partial charge >= 0.3 is 0 Å². The minimum absolute atomic E-state index is 0.191. The zero-order chi connectivity index (χ0) is 17.1. The van der Waals surface area contributed by atoms with Gasteiger partial charge in [0.25, 0.3) is 5.91 Å². The summed E-state index contributed by atoms with van der Waals surface area (Å²) in [7, 11) is 0. The van der Waals surface area contributed by atoms with Crippen molar-refractivity contribution < 1.29 is 14.3 Å². The van der Waals surface area contributed by atoms with E-state index in [1.165, 1.54) is 12.4 Å². The molecule has 0 fully saturated rings. The van der Waals surface area contributed by atoms with E-state index in [1.54, 1.807) is 18.2 Å². The molecule has 0 spiro atoms. The highest BCUT2D eigenvalue weighted by atomic mass is 16.7. The molecule has 124 valence electrons. The zero-order valence-corrected chi connectivity index (χ0v) is 13.1. The summed E-state index contributed by atoms with van der Waals surface area (Å²) in [6.07, 6.45) is 2.95. The third-order valence-electron chi connectivity index (χ3n) is 3.57. The number of hydrogen-bond acceptors (Lipinski definition) is 6. The lowest BCUT2D eigenvalue weighted by atomic mass is 10.2. The Hall–Kier alpha value is -3.61. The molecule has 1 aliphatic rings. The number of rotatable bonds is 4. The molecule has 7 heteroatoms. The van der Waals surface area contributed by atoms with Crippen LogP contribution in [0.2, 0.25) is 0 Å². The number of ether oxygens (including phenoxy) is 2. The van der Waals surface area contributed by atoms with Gasteiger partial charge in [-0.15, -0.1) is 0 Å². The first-order valence-electron chi connectivity index (χ1n) is 7.63. The molecule has 0 unspecified atom stereocenters. The van der Waals surface area contributed by atoms with E-state index < -0.39 is 0 Å². The smallest absolute Gasteiger partial charge is 0.258 e. The first kappa shape index (κ1) is 14.9. The largest absolute Gasteiger partial charge is 0.454 e. The van der Waals surface area contributed by atoms with Crippen LogP contribution in [0.3, 0.4) is 0 Å². The molecule has 4 rings (SSSR count). The van der Waals surface area contributed by atoms with E-state index in [9.17, 15) is 4.79 Å². The molecule has 1 aliphatic heterocycles. The standard InChI is InChI=1S/C18H14N4O3/c23-17(21-14-6-7-15-16(8-14)25-11-24-15)12-9-19-18(20-10-12)22-13-4-2-1-3-5-13/h1-10H,11H2,(H,21,23)(H,19,20,22). The number of carbonyl (C=O) groups is 1. The minimum atomic E-state index is -0.301. The van der Waals surface area contributed by atoms with E-state index >= 15 is 0 Å². The predicted molar refractivity (Wildman–Crippen MR) is 92.3 cm³/mol. The van der Waals surface area contributed by atoms with Crippen LogP contribution in [0.5, 0.6) is 11.5 Å². The molecule has 0 radical (unpaired) electrons. The number of fused-ring (bicyclic) bond motifs is 1. The molecule has 0 saturated carbocycles. The second-order valence-corrected chi connectivity index (χ2v) is 5.31. The Labute approximate surface area is 143 Å². The van der Waals surface area contributed by atoms with Crippen molar-refractivity contribution in [2.45, 2.75) is 0 Å². The van der Waals surface area contributed by atoms with Gasteiger partial charge in [0.15, 0.2) is 11.5 Å². The molecule has 0 aliphatic carbocycles. The van der Waals surface area contributed by atoms with Crippen molar-refractivity contribution in [3.8, 4) is 11.5 Å². The van der Waals surface area contributed by atoms with Crippen molar-refractivity contribution in [2.24, 2.45) is 0 Å². The number of carbonyl (C=O) groups excluding carboxylic acids is 1. The first-order chi connectivity index (χ1) is 12.3. The van der Waals surface area contributed by atoms with Gasteiger partial charge in [-0.1, -0.05) is 18.2 Å². The molecule has 1 amide bonds. The van der Waals surface area contributed by atoms with E-state index in [0.29, 0.717) is 28.7 Å². The summed E-state index contributed by atoms with van der Waals surface area (Å²) in [5, 5.41) is 5.85. The van der Waals surface area contributed by atoms with Crippen LogP contribution >= 0.6 is 0 Å². The van der Waals surface area contributed by atoms with Gasteiger partial charge in [-0.3, -0.25) is 4.79 Å². The van der Waals surface area contributed by atoms with Gasteiger partial charge in [0, 0.05) is 29.8 Å². The average molecular weight is 334 g/mol. The summed E-state index contributed by atoms with van der Waals surface area (Å²) in [6, 6.07) is 14.8. The Morgan fingerprint density at radius 1 is 0.920 bits per heavy atom. The topological polar surface area (TPSA) is 85.4 Å². The Bertz CT molecular complexity index is 898. The lowest BCUT2D eigenvalue weighted by Crippen LogP contribution is -2.13. The van der Waals surface area contributed by atoms with Crippen molar-refractivity contribution >= 4 is 23.2 Å². The van der Waals surface area contributed by atoms with Crippen LogP contribution in [-0.2, 0) is 0 Å². The normalized spacial score (nSPS) is 11.8. The highest BCUT2D eigenvalue weighted by Crippen LogP contribution is 2.34. The van der Waals surface area contributed by atoms with Gasteiger partial charge < -0.3 is 20.1 Å². The molecular weight excluding hydrogens is 320 g/mol. The number of anilines is 3. The summed E-state index contributed by atoms with van der Waals surface area (Å²) in [5.41, 5.74) is 1.84. The monoisotopic (exact) mass is 334 g/mol. The zero-order valence-electron chi connectivity index (χ0n) is 13.1. The van der Waals surface area contributed by atoms with Crippen LogP contribution < -0.4 is 20.1 Å². The maximum Gasteiger partial charge on any atom is 0.258 e. The molecule has 0 atom stereocenters. The van der Waals surface area contributed by atoms with Gasteiger partial charge in [0.05, 0.1) is 5.56 Å². The van der Waals surface area contributed by atoms with Gasteiger partial charge in [0.1, 0.15) is 0 Å². The number of aromatic nitrogens is 2. The Morgan fingerprint density at radius 3 is 2.48 bits per heavy atom. The molecule has 2 heterocycles. The summed E-state index contributed by atoms with van der Waals surface area (Å²) >= 11 is 0. The Kier molecular flexibility index (Phi) is 3.88. The maximum atomic E-state index is 12.3. The van der Waals surface area contributed by atoms with Crippen LogP contribution in [0.1, 0.15) is 10.4 Å². The predicted octanol–water partition coefficient (Wildman–Crippen LogP) is 3.20. The quantitative estimate of drug-likeness (QED) is 0.762. The number of benzene rings is 2. The number of nitrogens with zero attached hydrogens (tertiary/aromatic N) is 2. The lowest BCUT2D eigenvalue weighted by molar-refractivity contribution is 0.102. The molecule has 0 bridgehead atoms. The number of hydrogen-bond donors (Lipinski definition) is 2. The van der Waals surface area contributed by atoms with E-state index in [-0.39, 0.29) is 12.7 Å². The summed E-state index contributed by atoms with van der Waals surface area (Å²) in [4.78, 5) is 20.6. The number of amides is 1. The number of nitrogens with one attached hydrogen (secondary N) is 2. The molecular formula is C18H14N4O3. The highest BCUT2D eigenvalue weighted by molar-refractivity contribution is 6.04. The number of para-hydroxylation sites is 1. The summed E-state index contributed by atoms with van der Waals surface area (Å²) < 4.78 is 10.5. The van der Waals surface area contributed by atoms with Gasteiger partial charge in [0.2, 0.25) is 12.7 Å². The Morgan fingerprint density at radius 2 is 1.68 bits per heavy atom. The minimum Gasteiger partial charge on any atom is -0.454 e. The van der Waals surface area contributed by atoms with Crippen molar-refractivity contribution in [3.63, 3.8) is 0 Å². The van der Waals surface area contributed by atoms with E-state index in [4.69, 9.17) is 9.47 Å². The highest BCUT2D eigenvalue weighted by Gasteiger charge is 2.15. The fraction of sp³-hybridized carbons (Fsp3) is 0.0556. The van der Waals surface area contributed by atoms with Crippen molar-refractivity contribution in [3.05, 3.63) is 66.5 Å². The van der Waals surface area contributed by atoms with Crippen LogP contribution in [-0.4, -0.2) is 22.7 Å². The van der Waals surface area contributed by atoms with E-state index in [0.717, 1.165) is 5.69 Å². The van der Waals surface area contributed by atoms with Crippen molar-refractivity contribution in [1.29, 1.82) is 0 Å². The van der Waals surface area contributed by atoms with Crippen LogP contribution in [0.15, 0.2) is 60.9 Å². The van der Waals surface area contributed by atoms with Crippen LogP contribution in [0.4, 0.5) is 17.3 Å².